The van der Waals surface area contributed by atoms with Crippen molar-refractivity contribution < 1.29 is 33.9 Å². The van der Waals surface area contributed by atoms with Crippen LogP contribution in [0.3, 0.4) is 0 Å². The number of aliphatic carboxylic acids is 1. The second-order valence-corrected chi connectivity index (χ2v) is 9.32. The number of nitrogens with one attached hydrogen (secondary N) is 4. The van der Waals surface area contributed by atoms with E-state index in [1.54, 1.807) is 0 Å². The van der Waals surface area contributed by atoms with E-state index in [4.69, 9.17) is 11.5 Å². The summed E-state index contributed by atoms with van der Waals surface area (Å²) < 4.78 is 1.25. The SMILES string of the molecule is NC(N)=NCCC[C@H]1NC(=O)[C@@H]2CCCN2C(=O)Cn2cc(nn2)CNC(=O)[C@@H](CC(=O)O)NC(=O)CNC1=O. The molecule has 9 N–H and O–H groups in total. The average molecular weight is 564 g/mol. The van der Waals surface area contributed by atoms with Crippen LogP contribution in [0.2, 0.25) is 0 Å². The highest BCUT2D eigenvalue weighted by Crippen LogP contribution is 2.18. The Morgan fingerprint density at radius 2 is 1.77 bits per heavy atom. The predicted octanol–water partition coefficient (Wildman–Crippen LogP) is -4.49. The molecule has 0 spiro atoms. The van der Waals surface area contributed by atoms with E-state index in [-0.39, 0.29) is 43.6 Å². The van der Waals surface area contributed by atoms with Gasteiger partial charge in [0.25, 0.3) is 0 Å². The second-order valence-electron chi connectivity index (χ2n) is 9.32. The van der Waals surface area contributed by atoms with Crippen molar-refractivity contribution in [3.05, 3.63) is 11.9 Å². The van der Waals surface area contributed by atoms with Gasteiger partial charge in [0.15, 0.2) is 5.96 Å². The van der Waals surface area contributed by atoms with Crippen LogP contribution in [0.5, 0.6) is 0 Å². The molecule has 18 nitrogen and oxygen atoms in total. The lowest BCUT2D eigenvalue weighted by Crippen LogP contribution is -2.55. The number of guanidine groups is 1. The van der Waals surface area contributed by atoms with Crippen molar-refractivity contribution in [3.63, 3.8) is 0 Å². The van der Waals surface area contributed by atoms with Gasteiger partial charge in [-0.1, -0.05) is 5.21 Å². The van der Waals surface area contributed by atoms with Gasteiger partial charge in [0, 0.05) is 13.1 Å². The average Bonchev–Trinajstić information content (AvgIpc) is 3.56. The maximum atomic E-state index is 13.2. The van der Waals surface area contributed by atoms with Crippen molar-refractivity contribution in [1.29, 1.82) is 0 Å². The Balaban J connectivity index is 1.83. The maximum Gasteiger partial charge on any atom is 0.305 e. The Kier molecular flexibility index (Phi) is 10.3. The number of amides is 5. The fourth-order valence-corrected chi connectivity index (χ4v) is 4.33. The third kappa shape index (κ3) is 8.63. The van der Waals surface area contributed by atoms with Gasteiger partial charge in [-0.05, 0) is 25.7 Å². The molecule has 1 aromatic heterocycles. The molecule has 0 unspecified atom stereocenters. The lowest BCUT2D eigenvalue weighted by molar-refractivity contribution is -0.141. The van der Waals surface area contributed by atoms with Gasteiger partial charge in [-0.3, -0.25) is 33.8 Å². The summed E-state index contributed by atoms with van der Waals surface area (Å²) in [5.74, 6) is -4.71. The number of hydrogen-bond donors (Lipinski definition) is 7. The first-order valence-electron chi connectivity index (χ1n) is 12.6. The van der Waals surface area contributed by atoms with E-state index in [2.05, 4.69) is 36.6 Å². The molecule has 3 rings (SSSR count). The summed E-state index contributed by atoms with van der Waals surface area (Å²) in [4.78, 5) is 80.8. The summed E-state index contributed by atoms with van der Waals surface area (Å²) in [5, 5.41) is 26.8. The molecule has 3 heterocycles. The first kappa shape index (κ1) is 29.8. The van der Waals surface area contributed by atoms with Gasteiger partial charge in [0.2, 0.25) is 29.5 Å². The van der Waals surface area contributed by atoms with Crippen molar-refractivity contribution in [2.24, 2.45) is 16.5 Å². The van der Waals surface area contributed by atoms with E-state index in [0.717, 1.165) is 0 Å². The third-order valence-electron chi connectivity index (χ3n) is 6.23. The molecule has 5 amide bonds. The number of aromatic nitrogens is 3. The molecule has 0 aromatic carbocycles. The van der Waals surface area contributed by atoms with Crippen LogP contribution < -0.4 is 32.7 Å². The highest BCUT2D eigenvalue weighted by Gasteiger charge is 2.36. The molecule has 218 valence electrons. The fraction of sp³-hybridized carbons (Fsp3) is 0.591. The lowest BCUT2D eigenvalue weighted by atomic mass is 10.1. The molecule has 1 fully saturated rings. The van der Waals surface area contributed by atoms with Crippen LogP contribution in [0, 0.1) is 0 Å². The highest BCUT2D eigenvalue weighted by molar-refractivity contribution is 5.95. The Morgan fingerprint density at radius 3 is 2.50 bits per heavy atom. The molecule has 2 bridgehead atoms. The van der Waals surface area contributed by atoms with Gasteiger partial charge < -0.3 is 42.7 Å². The van der Waals surface area contributed by atoms with Gasteiger partial charge in [-0.2, -0.15) is 0 Å². The molecule has 2 aliphatic heterocycles. The zero-order valence-electron chi connectivity index (χ0n) is 21.7. The number of carboxylic acids is 1. The first-order valence-corrected chi connectivity index (χ1v) is 12.6. The minimum Gasteiger partial charge on any atom is -0.481 e. The Bertz CT molecular complexity index is 1160. The molecular weight excluding hydrogens is 530 g/mol. The molecular formula is C22H33N11O7. The van der Waals surface area contributed by atoms with E-state index in [9.17, 15) is 33.9 Å². The topological polar surface area (TPSA) is 269 Å². The summed E-state index contributed by atoms with van der Waals surface area (Å²) in [6.07, 6.45) is 2.11. The largest absolute Gasteiger partial charge is 0.481 e. The smallest absolute Gasteiger partial charge is 0.305 e. The monoisotopic (exact) mass is 563 g/mol. The van der Waals surface area contributed by atoms with Crippen LogP contribution in [0.4, 0.5) is 0 Å². The van der Waals surface area contributed by atoms with Crippen LogP contribution in [0.1, 0.15) is 37.8 Å². The van der Waals surface area contributed by atoms with Crippen molar-refractivity contribution in [1.82, 2.24) is 41.2 Å². The van der Waals surface area contributed by atoms with Gasteiger partial charge in [-0.25, -0.2) is 4.68 Å². The minimum absolute atomic E-state index is 0.114. The number of carbonyl (C=O) groups is 6. The van der Waals surface area contributed by atoms with Crippen molar-refractivity contribution in [3.8, 4) is 0 Å². The Hall–Kier alpha value is -4.77. The summed E-state index contributed by atoms with van der Waals surface area (Å²) >= 11 is 0. The standard InChI is InChI=1S/C22H33N11O7/c23-22(24)25-5-1-3-13-19(38)27-9-16(34)28-14(7-18(36)37)20(39)26-8-12-10-32(31-30-12)11-17(35)33-6-2-4-15(33)21(40)29-13/h10,13-15H,1-9,11H2,(H,26,39)(H,27,38)(H,28,34)(H,29,40)(H,36,37)(H4,23,24,25)/t13-,14-,15+/m1/s1. The molecule has 18 heteroatoms. The maximum absolute atomic E-state index is 13.2. The quantitative estimate of drug-likeness (QED) is 0.0984. The Morgan fingerprint density at radius 1 is 1.05 bits per heavy atom. The molecule has 3 atom stereocenters. The van der Waals surface area contributed by atoms with Crippen LogP contribution in [0.15, 0.2) is 11.2 Å². The van der Waals surface area contributed by atoms with Crippen molar-refractivity contribution in [2.45, 2.75) is 63.3 Å². The van der Waals surface area contributed by atoms with E-state index >= 15 is 0 Å². The second kappa shape index (κ2) is 13.9. The summed E-state index contributed by atoms with van der Waals surface area (Å²) in [6, 6.07) is -3.35. The van der Waals surface area contributed by atoms with Crippen molar-refractivity contribution in [2.75, 3.05) is 19.6 Å². The van der Waals surface area contributed by atoms with Gasteiger partial charge >= 0.3 is 5.97 Å². The third-order valence-corrected chi connectivity index (χ3v) is 6.23. The number of rotatable bonds is 6. The van der Waals surface area contributed by atoms with Gasteiger partial charge in [0.1, 0.15) is 30.4 Å². The number of nitrogens with zero attached hydrogens (tertiary/aromatic N) is 5. The van der Waals surface area contributed by atoms with E-state index in [0.29, 0.717) is 25.8 Å². The van der Waals surface area contributed by atoms with Crippen molar-refractivity contribution >= 4 is 41.5 Å². The molecule has 40 heavy (non-hydrogen) atoms. The number of aliphatic imine (C=N–C) groups is 1. The Labute approximate surface area is 228 Å². The number of fused-ring (bicyclic) bond motifs is 3. The zero-order chi connectivity index (χ0) is 29.2. The number of carbonyl (C=O) groups excluding carboxylic acids is 5. The van der Waals surface area contributed by atoms with Gasteiger partial charge in [-0.15, -0.1) is 5.10 Å². The predicted molar refractivity (Wildman–Crippen MR) is 136 cm³/mol. The zero-order valence-corrected chi connectivity index (χ0v) is 21.7. The van der Waals surface area contributed by atoms with Crippen LogP contribution >= 0.6 is 0 Å². The molecule has 0 aliphatic carbocycles. The van der Waals surface area contributed by atoms with Crippen LogP contribution in [-0.4, -0.2) is 104 Å². The highest BCUT2D eigenvalue weighted by atomic mass is 16.4. The molecule has 1 saturated heterocycles. The van der Waals surface area contributed by atoms with E-state index in [1.165, 1.54) is 15.8 Å². The molecule has 2 aliphatic rings. The minimum atomic E-state index is -1.44. The van der Waals surface area contributed by atoms with E-state index < -0.39 is 60.7 Å². The molecule has 0 radical (unpaired) electrons. The van der Waals surface area contributed by atoms with Gasteiger partial charge in [0.05, 0.1) is 25.7 Å². The summed E-state index contributed by atoms with van der Waals surface area (Å²) in [5.41, 5.74) is 10.9. The normalized spacial score (nSPS) is 22.9. The summed E-state index contributed by atoms with van der Waals surface area (Å²) in [7, 11) is 0. The molecule has 0 saturated carbocycles. The number of nitrogens with two attached hydrogens (primary N) is 2. The lowest BCUT2D eigenvalue weighted by Gasteiger charge is -2.26. The molecule has 1 aromatic rings. The first-order chi connectivity index (χ1) is 19.0. The summed E-state index contributed by atoms with van der Waals surface area (Å²) in [6.45, 7) is -0.439. The van der Waals surface area contributed by atoms with Crippen LogP contribution in [0.25, 0.3) is 0 Å². The fourth-order valence-electron chi connectivity index (χ4n) is 4.33. The van der Waals surface area contributed by atoms with E-state index in [1.807, 2.05) is 0 Å². The number of carboxylic acid groups (broad SMARTS) is 1. The van der Waals surface area contributed by atoms with Crippen LogP contribution in [-0.2, 0) is 41.9 Å². The number of hydrogen-bond acceptors (Lipinski definition) is 9.